The molecule has 122 valence electrons. The van der Waals surface area contributed by atoms with E-state index in [9.17, 15) is 4.79 Å². The van der Waals surface area contributed by atoms with E-state index in [0.29, 0.717) is 12.5 Å². The SMILES string of the molecule is COc1ccc2cc(CNC(=O)C3CC(C)CCN3)ccc2c1. The quantitative estimate of drug-likeness (QED) is 0.913. The minimum atomic E-state index is -0.0523. The van der Waals surface area contributed by atoms with E-state index in [-0.39, 0.29) is 11.9 Å². The zero-order chi connectivity index (χ0) is 16.2. The van der Waals surface area contributed by atoms with E-state index < -0.39 is 0 Å². The van der Waals surface area contributed by atoms with Crippen molar-refractivity contribution in [2.75, 3.05) is 13.7 Å². The molecule has 2 unspecified atom stereocenters. The van der Waals surface area contributed by atoms with E-state index in [0.717, 1.165) is 41.5 Å². The van der Waals surface area contributed by atoms with Gasteiger partial charge in [-0.1, -0.05) is 25.1 Å². The molecule has 4 nitrogen and oxygen atoms in total. The van der Waals surface area contributed by atoms with Crippen LogP contribution in [-0.2, 0) is 11.3 Å². The summed E-state index contributed by atoms with van der Waals surface area (Å²) in [6, 6.07) is 12.2. The highest BCUT2D eigenvalue weighted by molar-refractivity contribution is 5.85. The fourth-order valence-corrected chi connectivity index (χ4v) is 3.13. The van der Waals surface area contributed by atoms with E-state index in [1.54, 1.807) is 7.11 Å². The van der Waals surface area contributed by atoms with E-state index in [2.05, 4.69) is 35.8 Å². The van der Waals surface area contributed by atoms with Crippen molar-refractivity contribution in [1.29, 1.82) is 0 Å². The second-order valence-electron chi connectivity index (χ2n) is 6.40. The molecule has 1 heterocycles. The van der Waals surface area contributed by atoms with Crippen molar-refractivity contribution in [3.8, 4) is 5.75 Å². The summed E-state index contributed by atoms with van der Waals surface area (Å²) in [5.41, 5.74) is 1.11. The van der Waals surface area contributed by atoms with Crippen LogP contribution in [0, 0.1) is 5.92 Å². The second kappa shape index (κ2) is 7.01. The molecule has 1 aliphatic heterocycles. The van der Waals surface area contributed by atoms with Crippen molar-refractivity contribution >= 4 is 16.7 Å². The number of benzene rings is 2. The van der Waals surface area contributed by atoms with Crippen molar-refractivity contribution in [3.63, 3.8) is 0 Å². The van der Waals surface area contributed by atoms with Crippen molar-refractivity contribution in [2.45, 2.75) is 32.4 Å². The number of carbonyl (C=O) groups is 1. The Hall–Kier alpha value is -2.07. The number of ether oxygens (including phenoxy) is 1. The first-order valence-electron chi connectivity index (χ1n) is 8.23. The first kappa shape index (κ1) is 15.8. The maximum Gasteiger partial charge on any atom is 0.237 e. The van der Waals surface area contributed by atoms with Crippen LogP contribution in [-0.4, -0.2) is 25.6 Å². The third-order valence-corrected chi connectivity index (χ3v) is 4.56. The van der Waals surface area contributed by atoms with Gasteiger partial charge in [-0.05, 0) is 59.8 Å². The molecule has 2 N–H and O–H groups in total. The molecule has 1 saturated heterocycles. The Labute approximate surface area is 137 Å². The number of amides is 1. The number of rotatable bonds is 4. The molecule has 0 aliphatic carbocycles. The van der Waals surface area contributed by atoms with Crippen molar-refractivity contribution in [3.05, 3.63) is 42.0 Å². The highest BCUT2D eigenvalue weighted by Gasteiger charge is 2.24. The smallest absolute Gasteiger partial charge is 0.237 e. The Morgan fingerprint density at radius 3 is 2.83 bits per heavy atom. The van der Waals surface area contributed by atoms with Crippen LogP contribution in [0.1, 0.15) is 25.3 Å². The van der Waals surface area contributed by atoms with Crippen molar-refractivity contribution in [1.82, 2.24) is 10.6 Å². The van der Waals surface area contributed by atoms with Crippen LogP contribution in [0.5, 0.6) is 5.75 Å². The van der Waals surface area contributed by atoms with Gasteiger partial charge in [-0.15, -0.1) is 0 Å². The summed E-state index contributed by atoms with van der Waals surface area (Å²) in [5.74, 6) is 1.57. The minimum Gasteiger partial charge on any atom is -0.497 e. The third kappa shape index (κ3) is 3.82. The summed E-state index contributed by atoms with van der Waals surface area (Å²) in [5, 5.41) is 8.65. The summed E-state index contributed by atoms with van der Waals surface area (Å²) in [6.07, 6.45) is 2.07. The molecule has 0 radical (unpaired) electrons. The van der Waals surface area contributed by atoms with Gasteiger partial charge >= 0.3 is 0 Å². The molecule has 23 heavy (non-hydrogen) atoms. The molecule has 0 aromatic heterocycles. The number of hydrogen-bond acceptors (Lipinski definition) is 3. The van der Waals surface area contributed by atoms with Crippen LogP contribution in [0.4, 0.5) is 0 Å². The van der Waals surface area contributed by atoms with Gasteiger partial charge in [0.2, 0.25) is 5.91 Å². The molecular formula is C19H24N2O2. The largest absolute Gasteiger partial charge is 0.497 e. The predicted molar refractivity (Wildman–Crippen MR) is 92.5 cm³/mol. The molecule has 0 spiro atoms. The summed E-state index contributed by atoms with van der Waals surface area (Å²) in [7, 11) is 1.67. The van der Waals surface area contributed by atoms with Crippen molar-refractivity contribution < 1.29 is 9.53 Å². The maximum atomic E-state index is 12.3. The molecule has 4 heteroatoms. The standard InChI is InChI=1S/C19H24N2O2/c1-13-7-8-20-18(9-13)19(22)21-12-14-3-4-16-11-17(23-2)6-5-15(16)10-14/h3-6,10-11,13,18,20H,7-9,12H2,1-2H3,(H,21,22). The first-order chi connectivity index (χ1) is 11.2. The molecule has 0 saturated carbocycles. The molecule has 1 amide bonds. The Morgan fingerprint density at radius 1 is 1.26 bits per heavy atom. The van der Waals surface area contributed by atoms with Gasteiger partial charge in [0.1, 0.15) is 5.75 Å². The summed E-state index contributed by atoms with van der Waals surface area (Å²) in [6.45, 7) is 3.70. The number of nitrogens with one attached hydrogen (secondary N) is 2. The van der Waals surface area contributed by atoms with E-state index >= 15 is 0 Å². The summed E-state index contributed by atoms with van der Waals surface area (Å²) in [4.78, 5) is 12.3. The number of hydrogen-bond donors (Lipinski definition) is 2. The fourth-order valence-electron chi connectivity index (χ4n) is 3.13. The lowest BCUT2D eigenvalue weighted by molar-refractivity contribution is -0.124. The van der Waals surface area contributed by atoms with Gasteiger partial charge in [0, 0.05) is 6.54 Å². The maximum absolute atomic E-state index is 12.3. The van der Waals surface area contributed by atoms with Crippen molar-refractivity contribution in [2.24, 2.45) is 5.92 Å². The number of methoxy groups -OCH3 is 1. The van der Waals surface area contributed by atoms with Gasteiger partial charge in [-0.2, -0.15) is 0 Å². The molecule has 1 aliphatic rings. The number of fused-ring (bicyclic) bond motifs is 1. The average Bonchev–Trinajstić information content (AvgIpc) is 2.59. The first-order valence-corrected chi connectivity index (χ1v) is 8.23. The van der Waals surface area contributed by atoms with Gasteiger partial charge < -0.3 is 15.4 Å². The van der Waals surface area contributed by atoms with E-state index in [1.807, 2.05) is 18.2 Å². The molecule has 0 bridgehead atoms. The monoisotopic (exact) mass is 312 g/mol. The zero-order valence-electron chi connectivity index (χ0n) is 13.8. The zero-order valence-corrected chi connectivity index (χ0v) is 13.8. The Kier molecular flexibility index (Phi) is 4.82. The molecule has 3 rings (SSSR count). The van der Waals surface area contributed by atoms with Gasteiger partial charge in [-0.25, -0.2) is 0 Å². The topological polar surface area (TPSA) is 50.4 Å². The highest BCUT2D eigenvalue weighted by Crippen LogP contribution is 2.22. The molecule has 2 atom stereocenters. The summed E-state index contributed by atoms with van der Waals surface area (Å²) < 4.78 is 5.24. The Bertz CT molecular complexity index is 699. The second-order valence-corrected chi connectivity index (χ2v) is 6.40. The van der Waals surface area contributed by atoms with Gasteiger partial charge in [-0.3, -0.25) is 4.79 Å². The fraction of sp³-hybridized carbons (Fsp3) is 0.421. The third-order valence-electron chi connectivity index (χ3n) is 4.56. The van der Waals surface area contributed by atoms with Gasteiger partial charge in [0.15, 0.2) is 0 Å². The van der Waals surface area contributed by atoms with Gasteiger partial charge in [0.25, 0.3) is 0 Å². The molecule has 1 fully saturated rings. The van der Waals surface area contributed by atoms with Crippen LogP contribution in [0.3, 0.4) is 0 Å². The lowest BCUT2D eigenvalue weighted by Crippen LogP contribution is -2.48. The van der Waals surface area contributed by atoms with E-state index in [1.165, 1.54) is 0 Å². The van der Waals surface area contributed by atoms with Crippen LogP contribution in [0.25, 0.3) is 10.8 Å². The average molecular weight is 312 g/mol. The summed E-state index contributed by atoms with van der Waals surface area (Å²) >= 11 is 0. The molecule has 2 aromatic rings. The van der Waals surface area contributed by atoms with Gasteiger partial charge in [0.05, 0.1) is 13.2 Å². The van der Waals surface area contributed by atoms with Crippen LogP contribution < -0.4 is 15.4 Å². The van der Waals surface area contributed by atoms with E-state index in [4.69, 9.17) is 4.74 Å². The normalized spacial score (nSPS) is 21.1. The van der Waals surface area contributed by atoms with Crippen LogP contribution in [0.2, 0.25) is 0 Å². The Balaban J connectivity index is 1.63. The lowest BCUT2D eigenvalue weighted by Gasteiger charge is -2.27. The number of carbonyl (C=O) groups excluding carboxylic acids is 1. The Morgan fingerprint density at radius 2 is 2.04 bits per heavy atom. The highest BCUT2D eigenvalue weighted by atomic mass is 16.5. The van der Waals surface area contributed by atoms with Crippen LogP contribution in [0.15, 0.2) is 36.4 Å². The minimum absolute atomic E-state index is 0.0523. The number of piperidine rings is 1. The van der Waals surface area contributed by atoms with Crippen LogP contribution >= 0.6 is 0 Å². The lowest BCUT2D eigenvalue weighted by atomic mass is 9.94. The molecular weight excluding hydrogens is 288 g/mol. The molecule has 2 aromatic carbocycles. The predicted octanol–water partition coefficient (Wildman–Crippen LogP) is 2.85.